The topological polar surface area (TPSA) is 37.3 Å². The molecule has 2 nitrogen and oxygen atoms in total. The molecule has 3 heteroatoms. The molecule has 0 saturated carbocycles. The molecule has 0 aliphatic heterocycles. The summed E-state index contributed by atoms with van der Waals surface area (Å²) in [5.41, 5.74) is 0. The van der Waals surface area contributed by atoms with E-state index in [2.05, 4.69) is 27.4 Å². The fourth-order valence-electron chi connectivity index (χ4n) is 1.78. The van der Waals surface area contributed by atoms with Gasteiger partial charge in [-0.15, -0.1) is 6.58 Å². The first kappa shape index (κ1) is 21.3. The molecule has 0 aliphatic carbocycles. The molecule has 1 N–H and O–H groups in total. The second-order valence-corrected chi connectivity index (χ2v) is 13.5. The molecule has 0 spiro atoms. The summed E-state index contributed by atoms with van der Waals surface area (Å²) in [5, 5.41) is 7.84. The van der Waals surface area contributed by atoms with Gasteiger partial charge < -0.3 is 5.11 Å². The number of aliphatic carboxylic acids is 1. The molecule has 0 aromatic carbocycles. The summed E-state index contributed by atoms with van der Waals surface area (Å²) in [6, 6.07) is 0. The number of unbranched alkanes of at least 4 members (excludes halogenated alkanes) is 3. The van der Waals surface area contributed by atoms with Crippen molar-refractivity contribution in [2.45, 2.75) is 79.0 Å². The molecule has 0 bridgehead atoms. The van der Waals surface area contributed by atoms with Gasteiger partial charge in [-0.2, -0.15) is 0 Å². The summed E-state index contributed by atoms with van der Waals surface area (Å²) in [6.07, 6.45) is 10.3. The third-order valence-corrected chi connectivity index (χ3v) is 12.1. The Kier molecular flexibility index (Phi) is 20.2. The van der Waals surface area contributed by atoms with E-state index in [0.29, 0.717) is 0 Å². The Labute approximate surface area is 127 Å². The van der Waals surface area contributed by atoms with E-state index in [-0.39, 0.29) is 6.42 Å². The molecule has 0 atom stereocenters. The van der Waals surface area contributed by atoms with Crippen LogP contribution in [0.15, 0.2) is 12.7 Å². The van der Waals surface area contributed by atoms with Crippen molar-refractivity contribution in [3.05, 3.63) is 12.7 Å². The molecule has 0 unspecified atom stereocenters. The van der Waals surface area contributed by atoms with Crippen molar-refractivity contribution >= 4 is 25.7 Å². The molecular formula is C16H33O2Sn. The number of carbonyl (C=O) groups is 1. The van der Waals surface area contributed by atoms with E-state index in [4.69, 9.17) is 5.11 Å². The van der Waals surface area contributed by atoms with E-state index in [1.165, 1.54) is 44.6 Å². The van der Waals surface area contributed by atoms with Gasteiger partial charge >= 0.3 is 98.3 Å². The van der Waals surface area contributed by atoms with Crippen LogP contribution in [-0.2, 0) is 4.79 Å². The van der Waals surface area contributed by atoms with E-state index in [1.54, 1.807) is 13.3 Å². The molecular weight excluding hydrogens is 343 g/mol. The molecule has 0 amide bonds. The Morgan fingerprint density at radius 3 is 1.53 bits per heavy atom. The second kappa shape index (κ2) is 18.0. The Bertz CT molecular complexity index is 186. The number of rotatable bonds is 11. The Morgan fingerprint density at radius 2 is 1.37 bits per heavy atom. The first-order chi connectivity index (χ1) is 9.12. The summed E-state index contributed by atoms with van der Waals surface area (Å²) < 4.78 is 5.04. The third kappa shape index (κ3) is 20.5. The average Bonchev–Trinajstić information content (AvgIpc) is 2.38. The number of hydrogen-bond donors (Lipinski definition) is 1. The van der Waals surface area contributed by atoms with Crippen LogP contribution < -0.4 is 0 Å². The van der Waals surface area contributed by atoms with Gasteiger partial charge in [-0.05, 0) is 0 Å². The van der Waals surface area contributed by atoms with Crippen molar-refractivity contribution in [2.24, 2.45) is 0 Å². The van der Waals surface area contributed by atoms with E-state index in [1.807, 2.05) is 0 Å². The molecule has 0 aromatic rings. The van der Waals surface area contributed by atoms with Crippen LogP contribution in [0.25, 0.3) is 0 Å². The van der Waals surface area contributed by atoms with Crippen molar-refractivity contribution in [3.63, 3.8) is 0 Å². The minimum atomic E-state index is -0.839. The first-order valence-corrected chi connectivity index (χ1v) is 13.8. The van der Waals surface area contributed by atoms with Crippen LogP contribution in [0.2, 0.25) is 13.3 Å². The van der Waals surface area contributed by atoms with Gasteiger partial charge in [0.15, 0.2) is 0 Å². The van der Waals surface area contributed by atoms with Gasteiger partial charge in [0.2, 0.25) is 0 Å². The molecule has 0 rings (SSSR count). The zero-order valence-electron chi connectivity index (χ0n) is 13.2. The van der Waals surface area contributed by atoms with Crippen LogP contribution in [-0.4, -0.2) is 30.8 Å². The van der Waals surface area contributed by atoms with Gasteiger partial charge in [-0.25, -0.2) is 0 Å². The normalized spacial score (nSPS) is 9.89. The third-order valence-electron chi connectivity index (χ3n) is 2.97. The maximum atomic E-state index is 9.53. The minimum absolute atomic E-state index is 0.0556. The van der Waals surface area contributed by atoms with Crippen LogP contribution in [0.3, 0.4) is 0 Å². The van der Waals surface area contributed by atoms with Gasteiger partial charge in [0.1, 0.15) is 0 Å². The summed E-state index contributed by atoms with van der Waals surface area (Å²) >= 11 is -0.839. The second-order valence-electron chi connectivity index (χ2n) is 4.95. The standard InChI is InChI=1S/C4H6O2.3C4H9.Sn/c1-2-3-4(5)6;3*1-3-4-2;/h2H,1,3H2,(H,5,6);3*1,3-4H2,2H3;. The van der Waals surface area contributed by atoms with Crippen LogP contribution in [0.1, 0.15) is 65.7 Å². The molecule has 113 valence electrons. The number of hydrogen-bond acceptors (Lipinski definition) is 1. The monoisotopic (exact) mass is 377 g/mol. The van der Waals surface area contributed by atoms with Crippen molar-refractivity contribution in [1.29, 1.82) is 0 Å². The summed E-state index contributed by atoms with van der Waals surface area (Å²) in [5.74, 6) is -0.829. The van der Waals surface area contributed by atoms with Crippen molar-refractivity contribution < 1.29 is 9.90 Å². The molecule has 19 heavy (non-hydrogen) atoms. The van der Waals surface area contributed by atoms with Gasteiger partial charge in [0, 0.05) is 0 Å². The number of carboxylic acid groups (broad SMARTS) is 1. The molecule has 0 saturated heterocycles. The van der Waals surface area contributed by atoms with Gasteiger partial charge in [0.25, 0.3) is 0 Å². The van der Waals surface area contributed by atoms with Crippen molar-refractivity contribution in [3.8, 4) is 0 Å². The zero-order valence-corrected chi connectivity index (χ0v) is 16.1. The first-order valence-electron chi connectivity index (χ1n) is 7.78. The molecule has 0 aliphatic rings. The molecule has 0 fully saturated rings. The zero-order chi connectivity index (χ0) is 14.9. The average molecular weight is 376 g/mol. The SMILES string of the molecule is C=CCC(=O)O.CCC[CH2][Sn]([CH2]CCC)[CH2]CCC. The molecule has 0 aromatic heterocycles. The maximum absolute atomic E-state index is 9.53. The van der Waals surface area contributed by atoms with Crippen LogP contribution in [0.5, 0.6) is 0 Å². The van der Waals surface area contributed by atoms with Crippen LogP contribution >= 0.6 is 0 Å². The summed E-state index contributed by atoms with van der Waals surface area (Å²) in [7, 11) is 0. The van der Waals surface area contributed by atoms with E-state index >= 15 is 0 Å². The van der Waals surface area contributed by atoms with E-state index in [0.717, 1.165) is 0 Å². The van der Waals surface area contributed by atoms with Gasteiger partial charge in [-0.3, -0.25) is 4.79 Å². The van der Waals surface area contributed by atoms with E-state index < -0.39 is 25.7 Å². The summed E-state index contributed by atoms with van der Waals surface area (Å²) in [6.45, 7) is 10.2. The van der Waals surface area contributed by atoms with E-state index in [9.17, 15) is 4.79 Å². The number of carboxylic acids is 1. The summed E-state index contributed by atoms with van der Waals surface area (Å²) in [4.78, 5) is 9.53. The molecule has 1 radical (unpaired) electrons. The van der Waals surface area contributed by atoms with Crippen molar-refractivity contribution in [2.75, 3.05) is 0 Å². The quantitative estimate of drug-likeness (QED) is 0.380. The van der Waals surface area contributed by atoms with Gasteiger partial charge in [-0.1, -0.05) is 6.08 Å². The van der Waals surface area contributed by atoms with Crippen LogP contribution in [0, 0.1) is 0 Å². The predicted octanol–water partition coefficient (Wildman–Crippen LogP) is 5.53. The Hall–Kier alpha value is 0.00870. The fourth-order valence-corrected chi connectivity index (χ4v) is 11.2. The fraction of sp³-hybridized carbons (Fsp3) is 0.812. The predicted molar refractivity (Wildman–Crippen MR) is 87.3 cm³/mol. The van der Waals surface area contributed by atoms with Crippen LogP contribution in [0.4, 0.5) is 0 Å². The Balaban J connectivity index is 0. The van der Waals surface area contributed by atoms with Crippen molar-refractivity contribution in [1.82, 2.24) is 0 Å². The Morgan fingerprint density at radius 1 is 1.00 bits per heavy atom. The van der Waals surface area contributed by atoms with Gasteiger partial charge in [0.05, 0.1) is 6.42 Å². The molecule has 0 heterocycles.